The van der Waals surface area contributed by atoms with Crippen LogP contribution in [0.5, 0.6) is 17.5 Å². The molecule has 0 radical (unpaired) electrons. The Morgan fingerprint density at radius 1 is 1.24 bits per heavy atom. The third-order valence-corrected chi connectivity index (χ3v) is 6.19. The first-order valence-corrected chi connectivity index (χ1v) is 10.8. The molecule has 0 unspecified atom stereocenters. The number of hydrogen-bond acceptors (Lipinski definition) is 7. The van der Waals surface area contributed by atoms with Gasteiger partial charge in [0.25, 0.3) is 5.88 Å². The van der Waals surface area contributed by atoms with Crippen molar-refractivity contribution in [2.45, 2.75) is 18.9 Å². The van der Waals surface area contributed by atoms with Crippen molar-refractivity contribution < 1.29 is 29.0 Å². The summed E-state index contributed by atoms with van der Waals surface area (Å²) in [7, 11) is 1.41. The molecule has 1 saturated carbocycles. The first-order chi connectivity index (χ1) is 15.9. The van der Waals surface area contributed by atoms with E-state index in [0.717, 1.165) is 24.2 Å². The number of hydrogen-bond donors (Lipinski definition) is 3. The average molecular weight is 469 g/mol. The number of fused-ring (bicyclic) bond motifs is 1. The molecule has 3 N–H and O–H groups in total. The summed E-state index contributed by atoms with van der Waals surface area (Å²) in [4.78, 5) is 15.8. The lowest BCUT2D eigenvalue weighted by Gasteiger charge is -2.30. The number of aromatic hydroxyl groups is 1. The van der Waals surface area contributed by atoms with E-state index >= 15 is 0 Å². The number of nitrogens with one attached hydrogen (secondary N) is 1. The standard InChI is InChI=1S/C24H21ClN2O6/c1-31-21-10-20(33-27-21)23(29)22-17-8-16(18(25)9-19(17)26-24(22)30)13-2-4-15(5-3-13)32-11-12-6-14(28)7-12/h2-5,8-10,12,14,26,28,30H,6-7,11H2,1H3. The van der Waals surface area contributed by atoms with Crippen LogP contribution in [0, 0.1) is 5.92 Å². The molecular formula is C24H21ClN2O6. The van der Waals surface area contributed by atoms with Gasteiger partial charge >= 0.3 is 0 Å². The van der Waals surface area contributed by atoms with Gasteiger partial charge < -0.3 is 29.2 Å². The average Bonchev–Trinajstić information content (AvgIpc) is 3.39. The van der Waals surface area contributed by atoms with E-state index in [1.165, 1.54) is 13.2 Å². The maximum atomic E-state index is 13.0. The van der Waals surface area contributed by atoms with Crippen LogP contribution in [0.25, 0.3) is 22.0 Å². The van der Waals surface area contributed by atoms with E-state index in [9.17, 15) is 15.0 Å². The summed E-state index contributed by atoms with van der Waals surface area (Å²) in [6, 6.07) is 12.2. The van der Waals surface area contributed by atoms with E-state index in [0.29, 0.717) is 34.0 Å². The molecule has 5 rings (SSSR count). The van der Waals surface area contributed by atoms with Crippen LogP contribution in [-0.4, -0.2) is 46.0 Å². The highest BCUT2D eigenvalue weighted by Gasteiger charge is 2.28. The Morgan fingerprint density at radius 2 is 2.00 bits per heavy atom. The van der Waals surface area contributed by atoms with Crippen molar-refractivity contribution in [3.8, 4) is 28.6 Å². The zero-order valence-electron chi connectivity index (χ0n) is 17.7. The lowest BCUT2D eigenvalue weighted by atomic mass is 9.83. The van der Waals surface area contributed by atoms with Crippen LogP contribution in [0.15, 0.2) is 47.0 Å². The van der Waals surface area contributed by atoms with E-state index < -0.39 is 5.78 Å². The van der Waals surface area contributed by atoms with Gasteiger partial charge in [-0.3, -0.25) is 4.79 Å². The Kier molecular flexibility index (Phi) is 5.47. The number of methoxy groups -OCH3 is 1. The highest BCUT2D eigenvalue weighted by molar-refractivity contribution is 6.34. The molecule has 2 aromatic heterocycles. The predicted octanol–water partition coefficient (Wildman–Crippen LogP) is 4.57. The smallest absolute Gasteiger partial charge is 0.254 e. The van der Waals surface area contributed by atoms with Crippen LogP contribution in [-0.2, 0) is 0 Å². The van der Waals surface area contributed by atoms with Gasteiger partial charge in [-0.1, -0.05) is 23.7 Å². The minimum atomic E-state index is -0.535. The van der Waals surface area contributed by atoms with Gasteiger partial charge in [-0.2, -0.15) is 0 Å². The lowest BCUT2D eigenvalue weighted by Crippen LogP contribution is -2.32. The van der Waals surface area contributed by atoms with Gasteiger partial charge in [-0.15, -0.1) is 0 Å². The molecular weight excluding hydrogens is 448 g/mol. The summed E-state index contributed by atoms with van der Waals surface area (Å²) in [6.45, 7) is 0.573. The molecule has 0 atom stereocenters. The zero-order valence-corrected chi connectivity index (χ0v) is 18.4. The minimum absolute atomic E-state index is 0.0555. The number of aliphatic hydroxyl groups is 1. The van der Waals surface area contributed by atoms with Crippen molar-refractivity contribution in [1.82, 2.24) is 10.1 Å². The van der Waals surface area contributed by atoms with E-state index in [-0.39, 0.29) is 29.2 Å². The second kappa shape index (κ2) is 8.46. The molecule has 9 heteroatoms. The number of benzene rings is 2. The van der Waals surface area contributed by atoms with Gasteiger partial charge in [-0.25, -0.2) is 0 Å². The van der Waals surface area contributed by atoms with Crippen molar-refractivity contribution >= 4 is 28.3 Å². The monoisotopic (exact) mass is 468 g/mol. The highest BCUT2D eigenvalue weighted by atomic mass is 35.5. The molecule has 170 valence electrons. The summed E-state index contributed by atoms with van der Waals surface area (Å²) >= 11 is 6.51. The molecule has 0 saturated heterocycles. The summed E-state index contributed by atoms with van der Waals surface area (Å²) < 4.78 is 15.8. The molecule has 8 nitrogen and oxygen atoms in total. The van der Waals surface area contributed by atoms with Gasteiger partial charge in [0.1, 0.15) is 5.75 Å². The van der Waals surface area contributed by atoms with Gasteiger partial charge in [0, 0.05) is 10.9 Å². The fourth-order valence-electron chi connectivity index (χ4n) is 4.02. The topological polar surface area (TPSA) is 118 Å². The van der Waals surface area contributed by atoms with Crippen molar-refractivity contribution in [2.75, 3.05) is 13.7 Å². The third-order valence-electron chi connectivity index (χ3n) is 5.88. The second-order valence-corrected chi connectivity index (χ2v) is 8.52. The van der Waals surface area contributed by atoms with Crippen LogP contribution in [0.4, 0.5) is 0 Å². The number of carbonyl (C=O) groups excluding carboxylic acids is 1. The van der Waals surface area contributed by atoms with Crippen LogP contribution < -0.4 is 9.47 Å². The zero-order chi connectivity index (χ0) is 23.1. The number of H-pyrrole nitrogens is 1. The Morgan fingerprint density at radius 3 is 2.67 bits per heavy atom. The maximum Gasteiger partial charge on any atom is 0.254 e. The van der Waals surface area contributed by atoms with E-state index in [2.05, 4.69) is 10.1 Å². The first-order valence-electron chi connectivity index (χ1n) is 10.4. The number of aromatic nitrogens is 2. The fourth-order valence-corrected chi connectivity index (χ4v) is 4.29. The Bertz CT molecular complexity index is 1320. The number of ether oxygens (including phenoxy) is 2. The van der Waals surface area contributed by atoms with E-state index in [1.54, 1.807) is 12.1 Å². The number of nitrogens with zero attached hydrogens (tertiary/aromatic N) is 1. The minimum Gasteiger partial charge on any atom is -0.494 e. The third kappa shape index (κ3) is 4.03. The molecule has 0 aliphatic heterocycles. The molecule has 2 heterocycles. The van der Waals surface area contributed by atoms with Gasteiger partial charge in [0.2, 0.25) is 17.4 Å². The molecule has 2 aromatic carbocycles. The largest absolute Gasteiger partial charge is 0.494 e. The quantitative estimate of drug-likeness (QED) is 0.340. The molecule has 1 aliphatic carbocycles. The summed E-state index contributed by atoms with van der Waals surface area (Å²) in [5.74, 6) is 0.401. The van der Waals surface area contributed by atoms with E-state index in [1.807, 2.05) is 24.3 Å². The van der Waals surface area contributed by atoms with Gasteiger partial charge in [-0.05, 0) is 53.7 Å². The van der Waals surface area contributed by atoms with Crippen molar-refractivity contribution in [3.63, 3.8) is 0 Å². The lowest BCUT2D eigenvalue weighted by molar-refractivity contribution is 0.0203. The Hall–Kier alpha value is -3.49. The SMILES string of the molecule is COc1cc(C(=O)c2c(O)[nH]c3cc(Cl)c(-c4ccc(OCC5CC(O)C5)cc4)cc23)on1. The van der Waals surface area contributed by atoms with E-state index in [4.69, 9.17) is 25.6 Å². The molecule has 1 aliphatic rings. The fraction of sp³-hybridized carbons (Fsp3) is 0.250. The predicted molar refractivity (Wildman–Crippen MR) is 121 cm³/mol. The number of aromatic amines is 1. The number of ketones is 1. The van der Waals surface area contributed by atoms with Crippen LogP contribution in [0.2, 0.25) is 5.02 Å². The molecule has 0 bridgehead atoms. The van der Waals surface area contributed by atoms with Crippen LogP contribution >= 0.6 is 11.6 Å². The number of aliphatic hydroxyl groups excluding tert-OH is 1. The maximum absolute atomic E-state index is 13.0. The van der Waals surface area contributed by atoms with Crippen LogP contribution in [0.1, 0.15) is 29.0 Å². The first kappa shape index (κ1) is 21.4. The Balaban J connectivity index is 1.44. The Labute approximate surface area is 193 Å². The summed E-state index contributed by atoms with van der Waals surface area (Å²) in [5, 5.41) is 24.4. The summed E-state index contributed by atoms with van der Waals surface area (Å²) in [5.41, 5.74) is 2.10. The molecule has 0 spiro atoms. The second-order valence-electron chi connectivity index (χ2n) is 8.12. The number of halogens is 1. The normalized spacial score (nSPS) is 17.7. The van der Waals surface area contributed by atoms with Crippen molar-refractivity contribution in [1.29, 1.82) is 0 Å². The van der Waals surface area contributed by atoms with Crippen molar-refractivity contribution in [2.24, 2.45) is 5.92 Å². The van der Waals surface area contributed by atoms with Gasteiger partial charge in [0.05, 0.1) is 42.0 Å². The molecule has 33 heavy (non-hydrogen) atoms. The molecule has 0 amide bonds. The van der Waals surface area contributed by atoms with Crippen molar-refractivity contribution in [3.05, 3.63) is 58.8 Å². The number of rotatable bonds is 7. The highest BCUT2D eigenvalue weighted by Crippen LogP contribution is 2.38. The molecule has 1 fully saturated rings. The van der Waals surface area contributed by atoms with Gasteiger partial charge in [0.15, 0.2) is 0 Å². The summed E-state index contributed by atoms with van der Waals surface area (Å²) in [6.07, 6.45) is 1.35. The molecule has 4 aromatic rings. The number of carbonyl (C=O) groups is 1. The van der Waals surface area contributed by atoms with Crippen LogP contribution in [0.3, 0.4) is 0 Å².